The van der Waals surface area contributed by atoms with Crippen LogP contribution in [0.5, 0.6) is 5.75 Å². The summed E-state index contributed by atoms with van der Waals surface area (Å²) >= 11 is 0. The SMILES string of the molecule is COc1ccc2c(c1)C(CN)CC2c1c[nH]c2cc(F)c(F)cc12. The number of rotatable bonds is 3. The van der Waals surface area contributed by atoms with Crippen LogP contribution in [0, 0.1) is 11.6 Å². The van der Waals surface area contributed by atoms with Gasteiger partial charge in [0.25, 0.3) is 0 Å². The lowest BCUT2D eigenvalue weighted by Crippen LogP contribution is -2.09. The maximum absolute atomic E-state index is 13.7. The highest BCUT2D eigenvalue weighted by atomic mass is 19.2. The van der Waals surface area contributed by atoms with Crippen molar-refractivity contribution in [3.05, 3.63) is 64.9 Å². The Hall–Kier alpha value is -2.40. The molecule has 0 fully saturated rings. The second-order valence-corrected chi connectivity index (χ2v) is 6.27. The molecule has 1 heterocycles. The molecule has 0 saturated carbocycles. The van der Waals surface area contributed by atoms with Crippen molar-refractivity contribution in [2.75, 3.05) is 13.7 Å². The third-order valence-corrected chi connectivity index (χ3v) is 5.04. The largest absolute Gasteiger partial charge is 0.497 e. The Bertz CT molecular complexity index is 919. The van der Waals surface area contributed by atoms with Gasteiger partial charge in [0, 0.05) is 29.1 Å². The van der Waals surface area contributed by atoms with Gasteiger partial charge in [-0.3, -0.25) is 0 Å². The second-order valence-electron chi connectivity index (χ2n) is 6.27. The zero-order valence-electron chi connectivity index (χ0n) is 13.3. The van der Waals surface area contributed by atoms with Crippen molar-refractivity contribution in [1.82, 2.24) is 4.98 Å². The quantitative estimate of drug-likeness (QED) is 0.762. The highest BCUT2D eigenvalue weighted by Gasteiger charge is 2.33. The van der Waals surface area contributed by atoms with Crippen molar-refractivity contribution in [2.45, 2.75) is 18.3 Å². The molecule has 3 aromatic rings. The number of halogens is 2. The van der Waals surface area contributed by atoms with Crippen molar-refractivity contribution in [1.29, 1.82) is 0 Å². The number of aromatic amines is 1. The van der Waals surface area contributed by atoms with E-state index < -0.39 is 11.6 Å². The van der Waals surface area contributed by atoms with Gasteiger partial charge in [-0.05, 0) is 53.8 Å². The Kier molecular flexibility index (Phi) is 3.53. The fourth-order valence-corrected chi connectivity index (χ4v) is 3.83. The summed E-state index contributed by atoms with van der Waals surface area (Å²) in [6.07, 6.45) is 2.70. The first-order chi connectivity index (χ1) is 11.6. The zero-order chi connectivity index (χ0) is 16.8. The number of nitrogens with two attached hydrogens (primary N) is 1. The third-order valence-electron chi connectivity index (χ3n) is 5.04. The van der Waals surface area contributed by atoms with E-state index in [0.717, 1.165) is 23.1 Å². The normalized spacial score (nSPS) is 19.7. The van der Waals surface area contributed by atoms with E-state index >= 15 is 0 Å². The molecule has 4 rings (SSSR count). The van der Waals surface area contributed by atoms with E-state index in [1.165, 1.54) is 23.3 Å². The van der Waals surface area contributed by atoms with Crippen molar-refractivity contribution in [3.63, 3.8) is 0 Å². The molecule has 2 atom stereocenters. The van der Waals surface area contributed by atoms with E-state index in [4.69, 9.17) is 10.5 Å². The Morgan fingerprint density at radius 2 is 1.92 bits per heavy atom. The van der Waals surface area contributed by atoms with Gasteiger partial charge in [-0.2, -0.15) is 0 Å². The van der Waals surface area contributed by atoms with Crippen LogP contribution in [0.4, 0.5) is 8.78 Å². The van der Waals surface area contributed by atoms with Crippen molar-refractivity contribution < 1.29 is 13.5 Å². The molecule has 0 bridgehead atoms. The summed E-state index contributed by atoms with van der Waals surface area (Å²) in [5, 5.41) is 0.721. The molecule has 2 aromatic carbocycles. The number of methoxy groups -OCH3 is 1. The number of nitrogens with one attached hydrogen (secondary N) is 1. The minimum absolute atomic E-state index is 0.109. The molecule has 1 aromatic heterocycles. The zero-order valence-corrected chi connectivity index (χ0v) is 13.3. The van der Waals surface area contributed by atoms with E-state index in [2.05, 4.69) is 4.98 Å². The van der Waals surface area contributed by atoms with E-state index in [1.807, 2.05) is 24.4 Å². The molecule has 124 valence electrons. The maximum Gasteiger partial charge on any atom is 0.160 e. The minimum atomic E-state index is -0.840. The van der Waals surface area contributed by atoms with Gasteiger partial charge >= 0.3 is 0 Å². The molecule has 0 aliphatic heterocycles. The molecule has 2 unspecified atom stereocenters. The molecular weight excluding hydrogens is 310 g/mol. The van der Waals surface area contributed by atoms with Crippen LogP contribution in [0.15, 0.2) is 36.5 Å². The molecular formula is C19H18F2N2O. The summed E-state index contributed by atoms with van der Waals surface area (Å²) in [6, 6.07) is 8.49. The molecule has 0 spiro atoms. The number of hydrogen-bond acceptors (Lipinski definition) is 2. The predicted molar refractivity (Wildman–Crippen MR) is 89.5 cm³/mol. The summed E-state index contributed by atoms with van der Waals surface area (Å²) in [5.74, 6) is -0.521. The number of fused-ring (bicyclic) bond motifs is 2. The molecule has 0 amide bonds. The monoisotopic (exact) mass is 328 g/mol. The van der Waals surface area contributed by atoms with Gasteiger partial charge in [0.2, 0.25) is 0 Å². The first-order valence-corrected chi connectivity index (χ1v) is 7.96. The van der Waals surface area contributed by atoms with E-state index in [1.54, 1.807) is 7.11 Å². The highest BCUT2D eigenvalue weighted by molar-refractivity contribution is 5.84. The summed E-state index contributed by atoms with van der Waals surface area (Å²) in [4.78, 5) is 3.06. The van der Waals surface area contributed by atoms with E-state index in [-0.39, 0.29) is 11.8 Å². The third kappa shape index (κ3) is 2.19. The number of benzene rings is 2. The first-order valence-electron chi connectivity index (χ1n) is 7.96. The lowest BCUT2D eigenvalue weighted by atomic mass is 9.92. The molecule has 3 nitrogen and oxygen atoms in total. The average Bonchev–Trinajstić information content (AvgIpc) is 3.15. The Labute approximate surface area is 138 Å². The van der Waals surface area contributed by atoms with Crippen LogP contribution in [-0.4, -0.2) is 18.6 Å². The Balaban J connectivity index is 1.86. The summed E-state index contributed by atoms with van der Waals surface area (Å²) in [5.41, 5.74) is 9.90. The number of aromatic nitrogens is 1. The van der Waals surface area contributed by atoms with E-state index in [9.17, 15) is 8.78 Å². The molecule has 3 N–H and O–H groups in total. The molecule has 5 heteroatoms. The van der Waals surface area contributed by atoms with Gasteiger partial charge in [0.1, 0.15) is 5.75 Å². The fraction of sp³-hybridized carbons (Fsp3) is 0.263. The van der Waals surface area contributed by atoms with Gasteiger partial charge in [0.15, 0.2) is 11.6 Å². The topological polar surface area (TPSA) is 51.0 Å². The van der Waals surface area contributed by atoms with Gasteiger partial charge in [-0.15, -0.1) is 0 Å². The maximum atomic E-state index is 13.7. The lowest BCUT2D eigenvalue weighted by molar-refractivity contribution is 0.414. The summed E-state index contributed by atoms with van der Waals surface area (Å²) < 4.78 is 32.5. The van der Waals surface area contributed by atoms with Crippen molar-refractivity contribution in [3.8, 4) is 5.75 Å². The van der Waals surface area contributed by atoms with Crippen LogP contribution in [0.2, 0.25) is 0 Å². The van der Waals surface area contributed by atoms with Crippen LogP contribution in [0.1, 0.15) is 34.9 Å². The van der Waals surface area contributed by atoms with Crippen LogP contribution in [0.3, 0.4) is 0 Å². The van der Waals surface area contributed by atoms with E-state index in [0.29, 0.717) is 12.1 Å². The fourth-order valence-electron chi connectivity index (χ4n) is 3.83. The number of hydrogen-bond donors (Lipinski definition) is 2. The average molecular weight is 328 g/mol. The molecule has 0 radical (unpaired) electrons. The lowest BCUT2D eigenvalue weighted by Gasteiger charge is -2.11. The van der Waals surface area contributed by atoms with Gasteiger partial charge < -0.3 is 15.5 Å². The van der Waals surface area contributed by atoms with Gasteiger partial charge in [0.05, 0.1) is 7.11 Å². The smallest absolute Gasteiger partial charge is 0.160 e. The molecule has 24 heavy (non-hydrogen) atoms. The minimum Gasteiger partial charge on any atom is -0.497 e. The summed E-state index contributed by atoms with van der Waals surface area (Å²) in [7, 11) is 1.64. The Morgan fingerprint density at radius 1 is 1.12 bits per heavy atom. The van der Waals surface area contributed by atoms with Crippen LogP contribution in [-0.2, 0) is 0 Å². The Morgan fingerprint density at radius 3 is 2.67 bits per heavy atom. The molecule has 1 aliphatic carbocycles. The highest BCUT2D eigenvalue weighted by Crippen LogP contribution is 2.47. The second kappa shape index (κ2) is 5.60. The first kappa shape index (κ1) is 15.1. The van der Waals surface area contributed by atoms with Crippen LogP contribution < -0.4 is 10.5 Å². The molecule has 1 aliphatic rings. The van der Waals surface area contributed by atoms with Crippen molar-refractivity contribution in [2.24, 2.45) is 5.73 Å². The van der Waals surface area contributed by atoms with Crippen LogP contribution in [0.25, 0.3) is 10.9 Å². The van der Waals surface area contributed by atoms with Crippen molar-refractivity contribution >= 4 is 10.9 Å². The van der Waals surface area contributed by atoms with Gasteiger partial charge in [-0.25, -0.2) is 8.78 Å². The van der Waals surface area contributed by atoms with Gasteiger partial charge in [-0.1, -0.05) is 6.07 Å². The number of ether oxygens (including phenoxy) is 1. The summed E-state index contributed by atoms with van der Waals surface area (Å²) in [6.45, 7) is 0.544. The van der Waals surface area contributed by atoms with Crippen LogP contribution >= 0.6 is 0 Å². The predicted octanol–water partition coefficient (Wildman–Crippen LogP) is 4.03. The standard InChI is InChI=1S/C19H18F2N2O/c1-24-11-2-3-12-13(5-11)10(8-22)4-14(12)16-9-23-19-7-18(21)17(20)6-15(16)19/h2-3,5-7,9-10,14,23H,4,8,22H2,1H3. The number of H-pyrrole nitrogens is 1. The molecule has 0 saturated heterocycles.